The van der Waals surface area contributed by atoms with E-state index in [0.717, 1.165) is 24.1 Å². The summed E-state index contributed by atoms with van der Waals surface area (Å²) in [5, 5.41) is 12.7. The lowest BCUT2D eigenvalue weighted by molar-refractivity contribution is -0.125. The number of carbonyl (C=O) groups excluding carboxylic acids is 2. The molecule has 0 saturated heterocycles. The van der Waals surface area contributed by atoms with Gasteiger partial charge in [0.15, 0.2) is 0 Å². The number of hydrogen-bond acceptors (Lipinski definition) is 3. The van der Waals surface area contributed by atoms with Crippen LogP contribution in [0, 0.1) is 5.41 Å². The zero-order chi connectivity index (χ0) is 16.8. The number of anilines is 1. The van der Waals surface area contributed by atoms with E-state index < -0.39 is 5.41 Å². The molecule has 1 aromatic rings. The van der Waals surface area contributed by atoms with Gasteiger partial charge in [-0.2, -0.15) is 0 Å². The number of aliphatic hydroxyl groups is 1. The first kappa shape index (κ1) is 16.3. The Morgan fingerprint density at radius 1 is 1.39 bits per heavy atom. The summed E-state index contributed by atoms with van der Waals surface area (Å²) in [6.45, 7) is 4.21. The average Bonchev–Trinajstić information content (AvgIpc) is 3.27. The summed E-state index contributed by atoms with van der Waals surface area (Å²) < 4.78 is 0. The molecule has 6 heteroatoms. The van der Waals surface area contributed by atoms with E-state index in [1.165, 1.54) is 4.90 Å². The molecule has 1 heterocycles. The van der Waals surface area contributed by atoms with E-state index >= 15 is 0 Å². The Labute approximate surface area is 140 Å². The summed E-state index contributed by atoms with van der Waals surface area (Å²) in [6, 6.07) is 5.30. The van der Waals surface area contributed by atoms with E-state index in [1.807, 2.05) is 13.8 Å². The van der Waals surface area contributed by atoms with Gasteiger partial charge in [0.1, 0.15) is 6.54 Å². The molecule has 0 atom stereocenters. The van der Waals surface area contributed by atoms with Crippen LogP contribution in [0.4, 0.5) is 5.69 Å². The minimum absolute atomic E-state index is 0.0155. The molecule has 1 fully saturated rings. The van der Waals surface area contributed by atoms with Crippen LogP contribution in [0.15, 0.2) is 18.2 Å². The van der Waals surface area contributed by atoms with Crippen molar-refractivity contribution >= 4 is 29.1 Å². The van der Waals surface area contributed by atoms with Crippen LogP contribution in [0.3, 0.4) is 0 Å². The van der Waals surface area contributed by atoms with Crippen molar-refractivity contribution in [2.75, 3.05) is 24.6 Å². The molecule has 0 aromatic heterocycles. The van der Waals surface area contributed by atoms with Gasteiger partial charge in [0.25, 0.3) is 0 Å². The van der Waals surface area contributed by atoms with Crippen molar-refractivity contribution in [1.29, 1.82) is 0 Å². The molecule has 5 nitrogen and oxygen atoms in total. The second kappa shape index (κ2) is 5.49. The summed E-state index contributed by atoms with van der Waals surface area (Å²) in [7, 11) is 0. The molecule has 1 aliphatic heterocycles. The lowest BCUT2D eigenvalue weighted by Crippen LogP contribution is -2.44. The lowest BCUT2D eigenvalue weighted by Gasteiger charge is -2.21. The maximum atomic E-state index is 12.7. The molecule has 1 saturated carbocycles. The van der Waals surface area contributed by atoms with Gasteiger partial charge in [-0.25, -0.2) is 0 Å². The van der Waals surface area contributed by atoms with Crippen LogP contribution in [-0.2, 0) is 15.0 Å². The number of nitrogens with zero attached hydrogens (tertiary/aromatic N) is 1. The molecule has 124 valence electrons. The zero-order valence-corrected chi connectivity index (χ0v) is 14.1. The van der Waals surface area contributed by atoms with Crippen LogP contribution in [-0.4, -0.2) is 36.6 Å². The van der Waals surface area contributed by atoms with Crippen molar-refractivity contribution in [2.45, 2.75) is 32.1 Å². The first-order valence-electron chi connectivity index (χ1n) is 7.79. The molecule has 2 amide bonds. The van der Waals surface area contributed by atoms with Crippen molar-refractivity contribution in [2.24, 2.45) is 5.41 Å². The van der Waals surface area contributed by atoms with Crippen LogP contribution in [0.25, 0.3) is 0 Å². The Morgan fingerprint density at radius 3 is 2.70 bits per heavy atom. The van der Waals surface area contributed by atoms with Gasteiger partial charge >= 0.3 is 0 Å². The molecule has 2 N–H and O–H groups in total. The average molecular weight is 337 g/mol. The smallest absolute Gasteiger partial charge is 0.240 e. The van der Waals surface area contributed by atoms with Crippen LogP contribution in [0.1, 0.15) is 32.3 Å². The number of amides is 2. The van der Waals surface area contributed by atoms with Crippen LogP contribution < -0.4 is 10.2 Å². The molecule has 23 heavy (non-hydrogen) atoms. The summed E-state index contributed by atoms with van der Waals surface area (Å²) in [4.78, 5) is 26.4. The third kappa shape index (κ3) is 2.83. The van der Waals surface area contributed by atoms with Gasteiger partial charge in [0, 0.05) is 22.7 Å². The fourth-order valence-corrected chi connectivity index (χ4v) is 3.19. The third-order valence-corrected chi connectivity index (χ3v) is 5.19. The maximum Gasteiger partial charge on any atom is 0.240 e. The first-order valence-corrected chi connectivity index (χ1v) is 8.16. The molecular formula is C17H21ClN2O3. The molecule has 0 bridgehead atoms. The Bertz CT molecular complexity index is 668. The molecule has 1 aromatic carbocycles. The van der Waals surface area contributed by atoms with E-state index in [-0.39, 0.29) is 30.4 Å². The number of carbonyl (C=O) groups is 2. The highest BCUT2D eigenvalue weighted by Crippen LogP contribution is 2.44. The molecule has 1 aliphatic carbocycles. The van der Waals surface area contributed by atoms with Crippen molar-refractivity contribution in [3.8, 4) is 0 Å². The van der Waals surface area contributed by atoms with E-state index in [9.17, 15) is 14.7 Å². The molecule has 0 unspecified atom stereocenters. The Balaban J connectivity index is 1.73. The van der Waals surface area contributed by atoms with Crippen molar-refractivity contribution in [3.63, 3.8) is 0 Å². The molecule has 2 aliphatic rings. The van der Waals surface area contributed by atoms with Crippen LogP contribution in [0.5, 0.6) is 0 Å². The summed E-state index contributed by atoms with van der Waals surface area (Å²) >= 11 is 6.04. The minimum Gasteiger partial charge on any atom is -0.396 e. The highest BCUT2D eigenvalue weighted by Gasteiger charge is 2.45. The summed E-state index contributed by atoms with van der Waals surface area (Å²) in [5.74, 6) is -0.315. The van der Waals surface area contributed by atoms with Crippen molar-refractivity contribution in [3.05, 3.63) is 28.8 Å². The lowest BCUT2D eigenvalue weighted by atomic mass is 9.86. The van der Waals surface area contributed by atoms with E-state index in [0.29, 0.717) is 11.6 Å². The topological polar surface area (TPSA) is 69.6 Å². The number of nitrogens with one attached hydrogen (secondary N) is 1. The quantitative estimate of drug-likeness (QED) is 0.862. The Kier molecular flexibility index (Phi) is 3.89. The molecule has 0 radical (unpaired) electrons. The van der Waals surface area contributed by atoms with E-state index in [4.69, 9.17) is 11.6 Å². The normalized spacial score (nSPS) is 20.3. The fourth-order valence-electron chi connectivity index (χ4n) is 3.02. The molecule has 0 spiro atoms. The molecule has 3 rings (SSSR count). The second-order valence-corrected chi connectivity index (χ2v) is 7.55. The number of benzene rings is 1. The van der Waals surface area contributed by atoms with Gasteiger partial charge in [-0.15, -0.1) is 0 Å². The highest BCUT2D eigenvalue weighted by atomic mass is 35.5. The van der Waals surface area contributed by atoms with Gasteiger partial charge in [0.2, 0.25) is 11.8 Å². The summed E-state index contributed by atoms with van der Waals surface area (Å²) in [6.07, 6.45) is 1.86. The standard InChI is InChI=1S/C17H21ClN2O3/c1-16(2)12-7-11(18)3-4-13(12)20(15(16)23)8-14(22)19-9-17(10-21)5-6-17/h3-4,7,21H,5-6,8-10H2,1-2H3,(H,19,22). The van der Waals surface area contributed by atoms with Crippen molar-refractivity contribution in [1.82, 2.24) is 5.32 Å². The monoisotopic (exact) mass is 336 g/mol. The number of aliphatic hydroxyl groups excluding tert-OH is 1. The second-order valence-electron chi connectivity index (χ2n) is 7.11. The SMILES string of the molecule is CC1(C)C(=O)N(CC(=O)NCC2(CO)CC2)c2ccc(Cl)cc21. The number of hydrogen-bond donors (Lipinski definition) is 2. The van der Waals surface area contributed by atoms with Gasteiger partial charge in [0.05, 0.1) is 12.0 Å². The summed E-state index contributed by atoms with van der Waals surface area (Å²) in [5.41, 5.74) is 0.748. The third-order valence-electron chi connectivity index (χ3n) is 4.96. The maximum absolute atomic E-state index is 12.7. The largest absolute Gasteiger partial charge is 0.396 e. The van der Waals surface area contributed by atoms with E-state index in [2.05, 4.69) is 5.32 Å². The first-order chi connectivity index (χ1) is 10.8. The number of fused-ring (bicyclic) bond motifs is 1. The number of halogens is 1. The minimum atomic E-state index is -0.691. The van der Waals surface area contributed by atoms with Crippen molar-refractivity contribution < 1.29 is 14.7 Å². The Hall–Kier alpha value is -1.59. The Morgan fingerprint density at radius 2 is 2.09 bits per heavy atom. The predicted octanol–water partition coefficient (Wildman–Crippen LogP) is 1.85. The zero-order valence-electron chi connectivity index (χ0n) is 13.4. The van der Waals surface area contributed by atoms with Crippen LogP contribution >= 0.6 is 11.6 Å². The van der Waals surface area contributed by atoms with Gasteiger partial charge < -0.3 is 15.3 Å². The van der Waals surface area contributed by atoms with E-state index in [1.54, 1.807) is 18.2 Å². The molecular weight excluding hydrogens is 316 g/mol. The van der Waals surface area contributed by atoms with Gasteiger partial charge in [-0.3, -0.25) is 9.59 Å². The van der Waals surface area contributed by atoms with Gasteiger partial charge in [-0.05, 0) is 50.5 Å². The van der Waals surface area contributed by atoms with Crippen LogP contribution in [0.2, 0.25) is 5.02 Å². The fraction of sp³-hybridized carbons (Fsp3) is 0.529. The number of rotatable bonds is 5. The van der Waals surface area contributed by atoms with Gasteiger partial charge in [-0.1, -0.05) is 11.6 Å². The highest BCUT2D eigenvalue weighted by molar-refractivity contribution is 6.31. The predicted molar refractivity (Wildman–Crippen MR) is 88.6 cm³/mol.